The van der Waals surface area contributed by atoms with Crippen molar-refractivity contribution in [3.05, 3.63) is 47.3 Å². The number of hydrogen-bond donors (Lipinski definition) is 2. The van der Waals surface area contributed by atoms with Gasteiger partial charge in [-0.05, 0) is 37.5 Å². The first-order valence-corrected chi connectivity index (χ1v) is 9.25. The van der Waals surface area contributed by atoms with Gasteiger partial charge in [0.05, 0.1) is 18.8 Å². The number of rotatable bonds is 9. The third kappa shape index (κ3) is 7.78. The quantitative estimate of drug-likeness (QED) is 0.240. The van der Waals surface area contributed by atoms with Crippen molar-refractivity contribution in [3.8, 4) is 5.75 Å². The number of aromatic nitrogens is 1. The molecule has 0 saturated heterocycles. The largest absolute Gasteiger partial charge is 0.492 e. The Hall–Kier alpha value is -1.77. The number of aliphatic imine (C=N–C) groups is 1. The zero-order valence-corrected chi connectivity index (χ0v) is 18.9. The predicted octanol–water partition coefficient (Wildman–Crippen LogP) is 4.25. The molecule has 0 saturated carbocycles. The standard InChI is InChI=1S/C20H30N4O2.HI/c1-5-16(6-2)19-13-18(26-24-19)14-23-20(21-4)22-10-11-25-17-9-7-8-15(3)12-17;/h7-9,12-13,16H,5-6,10-11,14H2,1-4H3,(H2,21,22,23);1H. The Morgan fingerprint density at radius 1 is 1.22 bits per heavy atom. The highest BCUT2D eigenvalue weighted by molar-refractivity contribution is 14.0. The molecule has 1 aromatic heterocycles. The Labute approximate surface area is 179 Å². The summed E-state index contributed by atoms with van der Waals surface area (Å²) in [6, 6.07) is 10.1. The van der Waals surface area contributed by atoms with Crippen molar-refractivity contribution in [2.45, 2.75) is 46.1 Å². The Morgan fingerprint density at radius 3 is 2.67 bits per heavy atom. The van der Waals surface area contributed by atoms with E-state index in [-0.39, 0.29) is 24.0 Å². The lowest BCUT2D eigenvalue weighted by Gasteiger charge is -2.11. The SMILES string of the molecule is CCC(CC)c1cc(CNC(=NC)NCCOc2cccc(C)c2)on1.I. The van der Waals surface area contributed by atoms with Gasteiger partial charge in [-0.25, -0.2) is 0 Å². The maximum atomic E-state index is 5.73. The molecule has 0 aliphatic heterocycles. The van der Waals surface area contributed by atoms with E-state index >= 15 is 0 Å². The molecular formula is C20H31IN4O2. The molecule has 6 nitrogen and oxygen atoms in total. The van der Waals surface area contributed by atoms with Crippen LogP contribution in [0.2, 0.25) is 0 Å². The predicted molar refractivity (Wildman–Crippen MR) is 120 cm³/mol. The second kappa shape index (κ2) is 12.6. The molecule has 0 aliphatic rings. The summed E-state index contributed by atoms with van der Waals surface area (Å²) in [5.41, 5.74) is 2.22. The molecule has 0 fully saturated rings. The first-order valence-electron chi connectivity index (χ1n) is 9.25. The molecule has 0 atom stereocenters. The van der Waals surface area contributed by atoms with Gasteiger partial charge in [-0.1, -0.05) is 31.1 Å². The number of guanidine groups is 1. The number of benzene rings is 1. The highest BCUT2D eigenvalue weighted by Gasteiger charge is 2.13. The summed E-state index contributed by atoms with van der Waals surface area (Å²) in [7, 11) is 1.74. The van der Waals surface area contributed by atoms with Crippen LogP contribution in [0.25, 0.3) is 0 Å². The molecule has 0 spiro atoms. The molecule has 2 aromatic rings. The van der Waals surface area contributed by atoms with Gasteiger partial charge in [0.25, 0.3) is 0 Å². The Morgan fingerprint density at radius 2 is 2.00 bits per heavy atom. The van der Waals surface area contributed by atoms with Crippen molar-refractivity contribution in [1.29, 1.82) is 0 Å². The van der Waals surface area contributed by atoms with Gasteiger partial charge in [0, 0.05) is 19.0 Å². The number of nitrogens with zero attached hydrogens (tertiary/aromatic N) is 2. The first-order chi connectivity index (χ1) is 12.7. The van der Waals surface area contributed by atoms with E-state index in [1.54, 1.807) is 7.05 Å². The lowest BCUT2D eigenvalue weighted by molar-refractivity contribution is 0.321. The molecule has 150 valence electrons. The zero-order chi connectivity index (χ0) is 18.8. The minimum absolute atomic E-state index is 0. The fraction of sp³-hybridized carbons (Fsp3) is 0.500. The van der Waals surface area contributed by atoms with Gasteiger partial charge >= 0.3 is 0 Å². The van der Waals surface area contributed by atoms with E-state index in [1.165, 1.54) is 5.56 Å². The summed E-state index contributed by atoms with van der Waals surface area (Å²) in [6.07, 6.45) is 2.14. The van der Waals surface area contributed by atoms with Crippen molar-refractivity contribution in [2.24, 2.45) is 4.99 Å². The lowest BCUT2D eigenvalue weighted by Crippen LogP contribution is -2.38. The molecule has 27 heavy (non-hydrogen) atoms. The highest BCUT2D eigenvalue weighted by atomic mass is 127. The van der Waals surface area contributed by atoms with E-state index in [9.17, 15) is 0 Å². The number of ether oxygens (including phenoxy) is 1. The maximum absolute atomic E-state index is 5.73. The molecular weight excluding hydrogens is 455 g/mol. The van der Waals surface area contributed by atoms with Gasteiger partial charge in [-0.2, -0.15) is 0 Å². The van der Waals surface area contributed by atoms with Crippen LogP contribution in [0.3, 0.4) is 0 Å². The smallest absolute Gasteiger partial charge is 0.191 e. The number of nitrogens with one attached hydrogen (secondary N) is 2. The lowest BCUT2D eigenvalue weighted by atomic mass is 9.99. The van der Waals surface area contributed by atoms with Gasteiger partial charge in [0.1, 0.15) is 12.4 Å². The average Bonchev–Trinajstić information content (AvgIpc) is 3.11. The summed E-state index contributed by atoms with van der Waals surface area (Å²) >= 11 is 0. The van der Waals surface area contributed by atoms with Crippen molar-refractivity contribution in [3.63, 3.8) is 0 Å². The van der Waals surface area contributed by atoms with Gasteiger partial charge in [0.15, 0.2) is 11.7 Å². The Kier molecular flexibility index (Phi) is 10.8. The minimum Gasteiger partial charge on any atom is -0.492 e. The van der Waals surface area contributed by atoms with E-state index in [0.29, 0.717) is 31.6 Å². The third-order valence-electron chi connectivity index (χ3n) is 4.29. The Balaban J connectivity index is 0.00000364. The normalized spacial score (nSPS) is 11.2. The topological polar surface area (TPSA) is 71.7 Å². The molecule has 2 N–H and O–H groups in total. The van der Waals surface area contributed by atoms with Crippen molar-refractivity contribution in [2.75, 3.05) is 20.2 Å². The van der Waals surface area contributed by atoms with Crippen LogP contribution in [0.5, 0.6) is 5.75 Å². The van der Waals surface area contributed by atoms with Crippen LogP contribution in [0, 0.1) is 6.92 Å². The van der Waals surface area contributed by atoms with Crippen LogP contribution in [-0.2, 0) is 6.54 Å². The van der Waals surface area contributed by atoms with Crippen molar-refractivity contribution < 1.29 is 9.26 Å². The number of hydrogen-bond acceptors (Lipinski definition) is 4. The van der Waals surface area contributed by atoms with Crippen LogP contribution in [-0.4, -0.2) is 31.3 Å². The third-order valence-corrected chi connectivity index (χ3v) is 4.29. The molecule has 0 amide bonds. The molecule has 0 aliphatic carbocycles. The van der Waals surface area contributed by atoms with Gasteiger partial charge < -0.3 is 19.9 Å². The fourth-order valence-electron chi connectivity index (χ4n) is 2.75. The van der Waals surface area contributed by atoms with Crippen LogP contribution >= 0.6 is 24.0 Å². The number of halogens is 1. The van der Waals surface area contributed by atoms with E-state index in [4.69, 9.17) is 9.26 Å². The van der Waals surface area contributed by atoms with E-state index in [0.717, 1.165) is 30.0 Å². The average molecular weight is 486 g/mol. The second-order valence-corrected chi connectivity index (χ2v) is 6.25. The zero-order valence-electron chi connectivity index (χ0n) is 16.6. The Bertz CT molecular complexity index is 699. The minimum atomic E-state index is 0. The monoisotopic (exact) mass is 486 g/mol. The van der Waals surface area contributed by atoms with Crippen molar-refractivity contribution in [1.82, 2.24) is 15.8 Å². The summed E-state index contributed by atoms with van der Waals surface area (Å²) in [5.74, 6) is 2.86. The molecule has 0 bridgehead atoms. The fourth-order valence-corrected chi connectivity index (χ4v) is 2.75. The summed E-state index contributed by atoms with van der Waals surface area (Å²) in [6.45, 7) is 8.16. The summed E-state index contributed by atoms with van der Waals surface area (Å²) in [4.78, 5) is 4.21. The molecule has 1 aromatic carbocycles. The molecule has 1 heterocycles. The van der Waals surface area contributed by atoms with Gasteiger partial charge in [-0.15, -0.1) is 24.0 Å². The van der Waals surface area contributed by atoms with Gasteiger partial charge in [-0.3, -0.25) is 4.99 Å². The first kappa shape index (κ1) is 23.3. The van der Waals surface area contributed by atoms with E-state index in [1.807, 2.05) is 24.3 Å². The molecule has 7 heteroatoms. The maximum Gasteiger partial charge on any atom is 0.191 e. The second-order valence-electron chi connectivity index (χ2n) is 6.25. The number of aryl methyl sites for hydroxylation is 1. The van der Waals surface area contributed by atoms with Crippen LogP contribution in [0.4, 0.5) is 0 Å². The highest BCUT2D eigenvalue weighted by Crippen LogP contribution is 2.22. The van der Waals surface area contributed by atoms with E-state index < -0.39 is 0 Å². The van der Waals surface area contributed by atoms with Crippen LogP contribution in [0.15, 0.2) is 39.8 Å². The molecule has 0 radical (unpaired) electrons. The molecule has 0 unspecified atom stereocenters. The van der Waals surface area contributed by atoms with Crippen LogP contribution < -0.4 is 15.4 Å². The molecule has 2 rings (SSSR count). The van der Waals surface area contributed by atoms with Gasteiger partial charge in [0.2, 0.25) is 0 Å². The van der Waals surface area contributed by atoms with E-state index in [2.05, 4.69) is 47.6 Å². The summed E-state index contributed by atoms with van der Waals surface area (Å²) < 4.78 is 11.1. The summed E-state index contributed by atoms with van der Waals surface area (Å²) in [5, 5.41) is 10.6. The van der Waals surface area contributed by atoms with Crippen LogP contribution in [0.1, 0.15) is 49.6 Å². The van der Waals surface area contributed by atoms with Crippen molar-refractivity contribution >= 4 is 29.9 Å².